The quantitative estimate of drug-likeness (QED) is 0.344. The van der Waals surface area contributed by atoms with Gasteiger partial charge in [-0.2, -0.15) is 0 Å². The number of hydrogen-bond acceptors (Lipinski definition) is 4. The number of hydrogen-bond donors (Lipinski definition) is 2. The molecule has 0 spiro atoms. The Morgan fingerprint density at radius 2 is 2.32 bits per heavy atom. The van der Waals surface area contributed by atoms with Crippen molar-refractivity contribution in [3.63, 3.8) is 0 Å². The molecule has 0 amide bonds. The van der Waals surface area contributed by atoms with E-state index < -0.39 is 0 Å². The third kappa shape index (κ3) is 8.80. The number of nitrogens with two attached hydrogens (primary N) is 1. The summed E-state index contributed by atoms with van der Waals surface area (Å²) < 4.78 is 16.2. The maximum Gasteiger partial charge on any atom is 0.188 e. The summed E-state index contributed by atoms with van der Waals surface area (Å²) in [5.74, 6) is 0.470. The third-order valence-corrected chi connectivity index (χ3v) is 2.81. The lowest BCUT2D eigenvalue weighted by molar-refractivity contribution is 0.0191. The molecule has 1 aliphatic heterocycles. The zero-order valence-corrected chi connectivity index (χ0v) is 11.9. The summed E-state index contributed by atoms with van der Waals surface area (Å²) in [5, 5.41) is 3.02. The second kappa shape index (κ2) is 11.0. The summed E-state index contributed by atoms with van der Waals surface area (Å²) >= 11 is 0. The van der Waals surface area contributed by atoms with Gasteiger partial charge < -0.3 is 25.3 Å². The fourth-order valence-electron chi connectivity index (χ4n) is 1.81. The normalized spacial score (nSPS) is 19.8. The highest BCUT2D eigenvalue weighted by Gasteiger charge is 2.14. The van der Waals surface area contributed by atoms with Crippen molar-refractivity contribution >= 4 is 5.96 Å². The van der Waals surface area contributed by atoms with Gasteiger partial charge in [0.1, 0.15) is 0 Å². The van der Waals surface area contributed by atoms with Crippen LogP contribution in [-0.2, 0) is 14.2 Å². The van der Waals surface area contributed by atoms with Crippen LogP contribution in [0, 0.1) is 0 Å². The lowest BCUT2D eigenvalue weighted by Gasteiger charge is -2.10. The van der Waals surface area contributed by atoms with E-state index in [0.717, 1.165) is 39.1 Å². The van der Waals surface area contributed by atoms with Gasteiger partial charge in [-0.3, -0.25) is 4.99 Å². The second-order valence-corrected chi connectivity index (χ2v) is 4.45. The van der Waals surface area contributed by atoms with Gasteiger partial charge in [0, 0.05) is 32.9 Å². The van der Waals surface area contributed by atoms with Crippen LogP contribution in [0.3, 0.4) is 0 Å². The Labute approximate surface area is 115 Å². The average Bonchev–Trinajstić information content (AvgIpc) is 2.91. The van der Waals surface area contributed by atoms with Gasteiger partial charge in [0.05, 0.1) is 19.3 Å². The Hall–Kier alpha value is -0.850. The molecule has 1 aliphatic rings. The zero-order chi connectivity index (χ0) is 13.8. The van der Waals surface area contributed by atoms with Gasteiger partial charge in [-0.05, 0) is 26.2 Å². The minimum Gasteiger partial charge on any atom is -0.382 e. The van der Waals surface area contributed by atoms with Crippen molar-refractivity contribution < 1.29 is 14.2 Å². The zero-order valence-electron chi connectivity index (χ0n) is 11.9. The topological polar surface area (TPSA) is 78.1 Å². The molecule has 112 valence electrons. The standard InChI is InChI=1S/C13H27N3O3/c1-2-17-8-4-6-15-13(14)16-7-10-18-11-12-5-3-9-19-12/h12H,2-11H2,1H3,(H3,14,15,16). The van der Waals surface area contributed by atoms with Gasteiger partial charge in [-0.15, -0.1) is 0 Å². The smallest absolute Gasteiger partial charge is 0.188 e. The fraction of sp³-hybridized carbons (Fsp3) is 0.923. The largest absolute Gasteiger partial charge is 0.382 e. The van der Waals surface area contributed by atoms with Gasteiger partial charge in [0.2, 0.25) is 0 Å². The minimum absolute atomic E-state index is 0.282. The highest BCUT2D eigenvalue weighted by Crippen LogP contribution is 2.11. The molecule has 3 N–H and O–H groups in total. The summed E-state index contributed by atoms with van der Waals surface area (Å²) in [4.78, 5) is 4.19. The number of rotatable bonds is 10. The molecule has 19 heavy (non-hydrogen) atoms. The van der Waals surface area contributed by atoms with Crippen LogP contribution in [0.15, 0.2) is 4.99 Å². The van der Waals surface area contributed by atoms with Crippen LogP contribution in [0.1, 0.15) is 26.2 Å². The summed E-state index contributed by atoms with van der Waals surface area (Å²) in [6, 6.07) is 0. The molecule has 0 saturated carbocycles. The second-order valence-electron chi connectivity index (χ2n) is 4.45. The molecular formula is C13H27N3O3. The summed E-state index contributed by atoms with van der Waals surface area (Å²) in [5.41, 5.74) is 5.71. The van der Waals surface area contributed by atoms with Crippen molar-refractivity contribution in [1.29, 1.82) is 0 Å². The first kappa shape index (κ1) is 16.2. The van der Waals surface area contributed by atoms with E-state index in [1.807, 2.05) is 6.92 Å². The van der Waals surface area contributed by atoms with Crippen LogP contribution in [0.4, 0.5) is 0 Å². The Morgan fingerprint density at radius 3 is 3.05 bits per heavy atom. The number of nitrogens with one attached hydrogen (secondary N) is 1. The van der Waals surface area contributed by atoms with Crippen molar-refractivity contribution in [1.82, 2.24) is 5.32 Å². The number of ether oxygens (including phenoxy) is 3. The summed E-state index contributed by atoms with van der Waals surface area (Å²) in [6.07, 6.45) is 3.43. The Balaban J connectivity index is 1.88. The van der Waals surface area contributed by atoms with E-state index >= 15 is 0 Å². The maximum atomic E-state index is 5.71. The van der Waals surface area contributed by atoms with Crippen molar-refractivity contribution in [2.24, 2.45) is 10.7 Å². The van der Waals surface area contributed by atoms with Crippen LogP contribution in [0.2, 0.25) is 0 Å². The van der Waals surface area contributed by atoms with Crippen LogP contribution in [0.25, 0.3) is 0 Å². The van der Waals surface area contributed by atoms with Gasteiger partial charge in [-0.1, -0.05) is 0 Å². The first-order valence-electron chi connectivity index (χ1n) is 7.13. The SMILES string of the molecule is CCOCCCN=C(N)NCCOCC1CCCO1. The van der Waals surface area contributed by atoms with E-state index in [0.29, 0.717) is 32.3 Å². The van der Waals surface area contributed by atoms with E-state index in [2.05, 4.69) is 10.3 Å². The monoisotopic (exact) mass is 273 g/mol. The first-order valence-corrected chi connectivity index (χ1v) is 7.13. The fourth-order valence-corrected chi connectivity index (χ4v) is 1.81. The molecule has 1 atom stereocenters. The highest BCUT2D eigenvalue weighted by atomic mass is 16.5. The van der Waals surface area contributed by atoms with Crippen molar-refractivity contribution in [3.05, 3.63) is 0 Å². The van der Waals surface area contributed by atoms with E-state index in [1.54, 1.807) is 0 Å². The third-order valence-electron chi connectivity index (χ3n) is 2.81. The van der Waals surface area contributed by atoms with E-state index in [4.69, 9.17) is 19.9 Å². The van der Waals surface area contributed by atoms with Crippen molar-refractivity contribution in [3.8, 4) is 0 Å². The molecule has 1 heterocycles. The predicted octanol–water partition coefficient (Wildman–Crippen LogP) is 0.513. The van der Waals surface area contributed by atoms with Crippen LogP contribution < -0.4 is 11.1 Å². The molecule has 1 rings (SSSR count). The van der Waals surface area contributed by atoms with Gasteiger partial charge in [0.25, 0.3) is 0 Å². The number of aliphatic imine (C=N–C) groups is 1. The molecular weight excluding hydrogens is 246 g/mol. The first-order chi connectivity index (χ1) is 9.33. The average molecular weight is 273 g/mol. The molecule has 0 aliphatic carbocycles. The van der Waals surface area contributed by atoms with E-state index in [9.17, 15) is 0 Å². The number of guanidine groups is 1. The molecule has 6 heteroatoms. The van der Waals surface area contributed by atoms with E-state index in [-0.39, 0.29) is 6.10 Å². The van der Waals surface area contributed by atoms with Crippen molar-refractivity contribution in [2.75, 3.05) is 46.1 Å². The summed E-state index contributed by atoms with van der Waals surface area (Å²) in [7, 11) is 0. The Morgan fingerprint density at radius 1 is 1.42 bits per heavy atom. The molecule has 0 aromatic heterocycles. The molecule has 6 nitrogen and oxygen atoms in total. The Bertz CT molecular complexity index is 243. The highest BCUT2D eigenvalue weighted by molar-refractivity contribution is 5.77. The predicted molar refractivity (Wildman–Crippen MR) is 75.4 cm³/mol. The summed E-state index contributed by atoms with van der Waals surface area (Å²) in [6.45, 7) is 6.99. The molecule has 1 unspecified atom stereocenters. The van der Waals surface area contributed by atoms with Crippen LogP contribution in [0.5, 0.6) is 0 Å². The molecule has 0 radical (unpaired) electrons. The molecule has 0 aromatic rings. The van der Waals surface area contributed by atoms with E-state index in [1.165, 1.54) is 0 Å². The molecule has 0 aromatic carbocycles. The van der Waals surface area contributed by atoms with Crippen LogP contribution >= 0.6 is 0 Å². The minimum atomic E-state index is 0.282. The van der Waals surface area contributed by atoms with Gasteiger partial charge in [0.15, 0.2) is 5.96 Å². The van der Waals surface area contributed by atoms with Gasteiger partial charge in [-0.25, -0.2) is 0 Å². The lowest BCUT2D eigenvalue weighted by Crippen LogP contribution is -2.34. The van der Waals surface area contributed by atoms with Crippen LogP contribution in [-0.4, -0.2) is 58.2 Å². The molecule has 1 fully saturated rings. The number of nitrogens with zero attached hydrogens (tertiary/aromatic N) is 1. The molecule has 1 saturated heterocycles. The maximum absolute atomic E-state index is 5.71. The molecule has 0 bridgehead atoms. The Kier molecular flexibility index (Phi) is 9.40. The van der Waals surface area contributed by atoms with Gasteiger partial charge >= 0.3 is 0 Å². The lowest BCUT2D eigenvalue weighted by atomic mass is 10.2. The van der Waals surface area contributed by atoms with Crippen molar-refractivity contribution in [2.45, 2.75) is 32.3 Å².